The fourth-order valence-corrected chi connectivity index (χ4v) is 3.85. The maximum Gasteiger partial charge on any atom is 0.162 e. The number of nitrogens with one attached hydrogen (secondary N) is 1. The molecule has 1 aromatic carbocycles. The molecule has 1 spiro atoms. The maximum absolute atomic E-state index is 6.33. The molecule has 5 nitrogen and oxygen atoms in total. The first-order valence-electron chi connectivity index (χ1n) is 9.38. The average molecular weight is 345 g/mol. The van der Waals surface area contributed by atoms with Crippen LogP contribution in [0.25, 0.3) is 5.70 Å². The van der Waals surface area contributed by atoms with Crippen LogP contribution in [-0.4, -0.2) is 32.0 Å². The first kappa shape index (κ1) is 16.7. The van der Waals surface area contributed by atoms with Gasteiger partial charge in [0.15, 0.2) is 11.5 Å². The number of rotatable bonds is 4. The first-order valence-corrected chi connectivity index (χ1v) is 9.38. The van der Waals surface area contributed by atoms with Crippen LogP contribution in [0.15, 0.2) is 24.3 Å². The van der Waals surface area contributed by atoms with Crippen molar-refractivity contribution >= 4 is 5.70 Å². The van der Waals surface area contributed by atoms with Crippen molar-refractivity contribution < 1.29 is 19.0 Å². The molecule has 0 aromatic heterocycles. The lowest BCUT2D eigenvalue weighted by Crippen LogP contribution is -2.29. The van der Waals surface area contributed by atoms with Gasteiger partial charge in [-0.2, -0.15) is 0 Å². The molecule has 2 aliphatic heterocycles. The molecular formula is C20H27NO4. The summed E-state index contributed by atoms with van der Waals surface area (Å²) in [5, 5.41) is 0. The van der Waals surface area contributed by atoms with Crippen molar-refractivity contribution in [3.05, 3.63) is 29.8 Å². The number of hydrogen-bond donors (Lipinski definition) is 1. The smallest absolute Gasteiger partial charge is 0.162 e. The van der Waals surface area contributed by atoms with E-state index in [0.717, 1.165) is 48.6 Å². The molecule has 4 rings (SSSR count). The van der Waals surface area contributed by atoms with Crippen LogP contribution in [-0.2, 0) is 9.57 Å². The van der Waals surface area contributed by atoms with Crippen molar-refractivity contribution in [3.63, 3.8) is 0 Å². The largest absolute Gasteiger partial charge is 0.493 e. The van der Waals surface area contributed by atoms with Crippen molar-refractivity contribution in [2.24, 2.45) is 0 Å². The number of hydrogen-bond acceptors (Lipinski definition) is 5. The van der Waals surface area contributed by atoms with E-state index in [-0.39, 0.29) is 11.7 Å². The van der Waals surface area contributed by atoms with Gasteiger partial charge in [-0.05, 0) is 50.0 Å². The van der Waals surface area contributed by atoms with Crippen LogP contribution < -0.4 is 15.0 Å². The van der Waals surface area contributed by atoms with Crippen molar-refractivity contribution in [1.82, 2.24) is 5.48 Å². The topological polar surface area (TPSA) is 49.0 Å². The highest BCUT2D eigenvalue weighted by molar-refractivity contribution is 5.68. The maximum atomic E-state index is 6.33. The van der Waals surface area contributed by atoms with Crippen molar-refractivity contribution in [3.8, 4) is 11.5 Å². The Bertz CT molecular complexity index is 629. The molecule has 2 heterocycles. The second-order valence-electron chi connectivity index (χ2n) is 7.23. The van der Waals surface area contributed by atoms with Crippen LogP contribution in [0.1, 0.15) is 50.5 Å². The minimum atomic E-state index is -0.322. The Morgan fingerprint density at radius 2 is 1.96 bits per heavy atom. The molecule has 1 saturated heterocycles. The molecule has 1 N–H and O–H groups in total. The number of benzene rings is 1. The van der Waals surface area contributed by atoms with Gasteiger partial charge >= 0.3 is 0 Å². The molecule has 1 saturated carbocycles. The summed E-state index contributed by atoms with van der Waals surface area (Å²) in [6.45, 7) is 1.34. The molecule has 2 fully saturated rings. The highest BCUT2D eigenvalue weighted by Gasteiger charge is 2.39. The van der Waals surface area contributed by atoms with E-state index >= 15 is 0 Å². The van der Waals surface area contributed by atoms with Crippen molar-refractivity contribution in [2.45, 2.75) is 56.7 Å². The molecule has 1 unspecified atom stereocenters. The quantitative estimate of drug-likeness (QED) is 0.841. The average Bonchev–Trinajstić information content (AvgIpc) is 3.19. The molecule has 0 radical (unpaired) electrons. The molecule has 5 heteroatoms. The second kappa shape index (κ2) is 7.26. The molecule has 1 atom stereocenters. The second-order valence-corrected chi connectivity index (χ2v) is 7.23. The molecule has 1 aromatic rings. The van der Waals surface area contributed by atoms with Crippen molar-refractivity contribution in [2.75, 3.05) is 20.3 Å². The molecule has 0 amide bonds. The first-order chi connectivity index (χ1) is 12.3. The Kier molecular flexibility index (Phi) is 4.86. The Labute approximate surface area is 149 Å². The molecule has 1 aliphatic carbocycles. The lowest BCUT2D eigenvalue weighted by Gasteiger charge is -2.19. The summed E-state index contributed by atoms with van der Waals surface area (Å²) in [6, 6.07) is 6.07. The third kappa shape index (κ3) is 3.62. The predicted molar refractivity (Wildman–Crippen MR) is 95.5 cm³/mol. The fourth-order valence-electron chi connectivity index (χ4n) is 3.85. The number of methoxy groups -OCH3 is 1. The third-order valence-electron chi connectivity index (χ3n) is 5.36. The van der Waals surface area contributed by atoms with E-state index < -0.39 is 0 Å². The van der Waals surface area contributed by atoms with Gasteiger partial charge in [-0.1, -0.05) is 12.8 Å². The summed E-state index contributed by atoms with van der Waals surface area (Å²) in [6.07, 6.45) is 10.7. The summed E-state index contributed by atoms with van der Waals surface area (Å²) >= 11 is 0. The monoisotopic (exact) mass is 345 g/mol. The fraction of sp³-hybridized carbons (Fsp3) is 0.600. The van der Waals surface area contributed by atoms with Crippen LogP contribution in [0.2, 0.25) is 0 Å². The summed E-state index contributed by atoms with van der Waals surface area (Å²) in [4.78, 5) is 5.79. The number of hydroxylamine groups is 1. The van der Waals surface area contributed by atoms with Crippen LogP contribution in [0.4, 0.5) is 0 Å². The highest BCUT2D eigenvalue weighted by Crippen LogP contribution is 2.37. The van der Waals surface area contributed by atoms with Gasteiger partial charge in [-0.15, -0.1) is 0 Å². The van der Waals surface area contributed by atoms with Gasteiger partial charge < -0.3 is 14.2 Å². The molecule has 25 heavy (non-hydrogen) atoms. The predicted octanol–water partition coefficient (Wildman–Crippen LogP) is 3.83. The van der Waals surface area contributed by atoms with E-state index in [4.69, 9.17) is 19.0 Å². The molecule has 0 bridgehead atoms. The van der Waals surface area contributed by atoms with E-state index in [1.165, 1.54) is 25.7 Å². The van der Waals surface area contributed by atoms with Gasteiger partial charge in [0.05, 0.1) is 25.5 Å². The highest BCUT2D eigenvalue weighted by atomic mass is 16.7. The van der Waals surface area contributed by atoms with E-state index in [0.29, 0.717) is 6.61 Å². The van der Waals surface area contributed by atoms with Gasteiger partial charge in [0, 0.05) is 18.6 Å². The number of ether oxygens (including phenoxy) is 3. The van der Waals surface area contributed by atoms with E-state index in [2.05, 4.69) is 17.6 Å². The molecule has 136 valence electrons. The van der Waals surface area contributed by atoms with Gasteiger partial charge in [-0.25, -0.2) is 0 Å². The van der Waals surface area contributed by atoms with Crippen LogP contribution in [0.5, 0.6) is 11.5 Å². The zero-order valence-electron chi connectivity index (χ0n) is 14.9. The van der Waals surface area contributed by atoms with Gasteiger partial charge in [0.25, 0.3) is 0 Å². The third-order valence-corrected chi connectivity index (χ3v) is 5.36. The summed E-state index contributed by atoms with van der Waals surface area (Å²) in [5.41, 5.74) is 4.77. The van der Waals surface area contributed by atoms with Crippen LogP contribution >= 0.6 is 0 Å². The SMILES string of the molecule is COc1ccc(C2=CC3(CCOC3)ON2)cc1OC1CCCCCC1. The summed E-state index contributed by atoms with van der Waals surface area (Å²) in [5.74, 6) is 1.60. The minimum absolute atomic E-state index is 0.281. The van der Waals surface area contributed by atoms with Gasteiger partial charge in [0.1, 0.15) is 5.60 Å². The zero-order valence-corrected chi connectivity index (χ0v) is 14.9. The minimum Gasteiger partial charge on any atom is -0.493 e. The Morgan fingerprint density at radius 3 is 2.68 bits per heavy atom. The molecule has 3 aliphatic rings. The van der Waals surface area contributed by atoms with E-state index in [1.54, 1.807) is 7.11 Å². The van der Waals surface area contributed by atoms with Gasteiger partial charge in [0.2, 0.25) is 0 Å². The Balaban J connectivity index is 1.55. The summed E-state index contributed by atoms with van der Waals surface area (Å²) in [7, 11) is 1.69. The normalized spacial score (nSPS) is 27.0. The van der Waals surface area contributed by atoms with E-state index in [1.807, 2.05) is 12.1 Å². The van der Waals surface area contributed by atoms with Gasteiger partial charge in [-0.3, -0.25) is 10.3 Å². The van der Waals surface area contributed by atoms with Crippen molar-refractivity contribution in [1.29, 1.82) is 0 Å². The van der Waals surface area contributed by atoms with E-state index in [9.17, 15) is 0 Å². The zero-order chi connectivity index (χ0) is 17.1. The summed E-state index contributed by atoms with van der Waals surface area (Å²) < 4.78 is 17.3. The Hall–Kier alpha value is -1.72. The molecular weight excluding hydrogens is 318 g/mol. The lowest BCUT2D eigenvalue weighted by atomic mass is 10.0. The van der Waals surface area contributed by atoms with Crippen LogP contribution in [0.3, 0.4) is 0 Å². The Morgan fingerprint density at radius 1 is 1.12 bits per heavy atom. The standard InChI is InChI=1S/C20H27NO4/c1-22-18-9-8-15(17-13-20(25-21-17)10-11-23-14-20)12-19(18)24-16-6-4-2-3-5-7-16/h8-9,12-13,16,21H,2-7,10-11,14H2,1H3. The lowest BCUT2D eigenvalue weighted by molar-refractivity contribution is -0.0373. The van der Waals surface area contributed by atoms with Crippen LogP contribution in [0, 0.1) is 0 Å².